The molecule has 0 bridgehead atoms. The molecule has 1 aromatic rings. The Balaban J connectivity index is 2.94. The van der Waals surface area contributed by atoms with E-state index in [1.807, 2.05) is 0 Å². The minimum absolute atomic E-state index is 0.00590. The first-order valence-electron chi connectivity index (χ1n) is 5.38. The highest BCUT2D eigenvalue weighted by Crippen LogP contribution is 2.20. The second-order valence-corrected chi connectivity index (χ2v) is 4.23. The molecule has 1 N–H and O–H groups in total. The average Bonchev–Trinajstić information content (AvgIpc) is 2.27. The summed E-state index contributed by atoms with van der Waals surface area (Å²) in [5.74, 6) is -0.798. The van der Waals surface area contributed by atoms with E-state index in [4.69, 9.17) is 11.6 Å². The van der Waals surface area contributed by atoms with Crippen LogP contribution in [0, 0.1) is 6.92 Å². The normalized spacial score (nSPS) is 10.7. The largest absolute Gasteiger partial charge is 0.507 e. The number of phenolic OH excluding ortho intramolecular Hbond substituents is 1. The SMILES string of the molecule is Cc1ccc(C(=O)N(CCCl)CC(F)F)c(O)c1. The molecule has 0 radical (unpaired) electrons. The van der Waals surface area contributed by atoms with Gasteiger partial charge in [-0.25, -0.2) is 8.78 Å². The van der Waals surface area contributed by atoms with Crippen LogP contribution < -0.4 is 0 Å². The Morgan fingerprint density at radius 3 is 2.67 bits per heavy atom. The maximum absolute atomic E-state index is 12.3. The Bertz CT molecular complexity index is 427. The molecule has 0 saturated carbocycles. The highest BCUT2D eigenvalue weighted by Gasteiger charge is 2.21. The zero-order chi connectivity index (χ0) is 13.7. The molecule has 0 aliphatic carbocycles. The number of carbonyl (C=O) groups excluding carboxylic acids is 1. The molecule has 0 fully saturated rings. The smallest absolute Gasteiger partial charge is 0.257 e. The van der Waals surface area contributed by atoms with E-state index in [0.29, 0.717) is 0 Å². The number of halogens is 3. The van der Waals surface area contributed by atoms with Gasteiger partial charge in [-0.3, -0.25) is 4.79 Å². The first-order chi connectivity index (χ1) is 8.45. The Morgan fingerprint density at radius 1 is 1.50 bits per heavy atom. The zero-order valence-corrected chi connectivity index (χ0v) is 10.6. The Morgan fingerprint density at radius 2 is 2.17 bits per heavy atom. The maximum atomic E-state index is 12.3. The van der Waals surface area contributed by atoms with Gasteiger partial charge in [-0.15, -0.1) is 11.6 Å². The topological polar surface area (TPSA) is 40.5 Å². The molecule has 0 aliphatic heterocycles. The summed E-state index contributed by atoms with van der Waals surface area (Å²) in [7, 11) is 0. The van der Waals surface area contributed by atoms with Crippen molar-refractivity contribution >= 4 is 17.5 Å². The first-order valence-corrected chi connectivity index (χ1v) is 5.92. The molecule has 6 heteroatoms. The number of hydrogen-bond acceptors (Lipinski definition) is 2. The molecule has 3 nitrogen and oxygen atoms in total. The van der Waals surface area contributed by atoms with Gasteiger partial charge in [0.1, 0.15) is 5.75 Å². The lowest BCUT2D eigenvalue weighted by molar-refractivity contribution is 0.0568. The second-order valence-electron chi connectivity index (χ2n) is 3.85. The van der Waals surface area contributed by atoms with Gasteiger partial charge in [0.05, 0.1) is 12.1 Å². The van der Waals surface area contributed by atoms with Gasteiger partial charge < -0.3 is 10.0 Å². The van der Waals surface area contributed by atoms with E-state index in [0.717, 1.165) is 10.5 Å². The van der Waals surface area contributed by atoms with Crippen LogP contribution in [0.4, 0.5) is 8.78 Å². The van der Waals surface area contributed by atoms with Crippen LogP contribution in [0.5, 0.6) is 5.75 Å². The Kier molecular flexibility index (Phi) is 5.34. The van der Waals surface area contributed by atoms with Crippen molar-refractivity contribution in [3.8, 4) is 5.75 Å². The van der Waals surface area contributed by atoms with Gasteiger partial charge in [-0.05, 0) is 24.6 Å². The molecule has 0 aliphatic rings. The molecule has 0 saturated heterocycles. The van der Waals surface area contributed by atoms with E-state index in [-0.39, 0.29) is 23.7 Å². The summed E-state index contributed by atoms with van der Waals surface area (Å²) in [6.45, 7) is 1.07. The van der Waals surface area contributed by atoms with Gasteiger partial charge in [-0.2, -0.15) is 0 Å². The van der Waals surface area contributed by atoms with Crippen molar-refractivity contribution in [3.63, 3.8) is 0 Å². The lowest BCUT2D eigenvalue weighted by Crippen LogP contribution is -2.36. The number of phenols is 1. The van der Waals surface area contributed by atoms with Crippen LogP contribution in [0.25, 0.3) is 0 Å². The number of aromatic hydroxyl groups is 1. The molecule has 1 rings (SSSR count). The highest BCUT2D eigenvalue weighted by atomic mass is 35.5. The van der Waals surface area contributed by atoms with E-state index in [9.17, 15) is 18.7 Å². The van der Waals surface area contributed by atoms with Crippen LogP contribution >= 0.6 is 11.6 Å². The summed E-state index contributed by atoms with van der Waals surface area (Å²) in [4.78, 5) is 12.9. The van der Waals surface area contributed by atoms with Crippen molar-refractivity contribution in [1.29, 1.82) is 0 Å². The van der Waals surface area contributed by atoms with Crippen LogP contribution in [0.3, 0.4) is 0 Å². The van der Waals surface area contributed by atoms with Crippen molar-refractivity contribution in [1.82, 2.24) is 4.90 Å². The summed E-state index contributed by atoms with van der Waals surface area (Å²) in [5, 5.41) is 9.65. The van der Waals surface area contributed by atoms with Gasteiger partial charge >= 0.3 is 0 Å². The third kappa shape index (κ3) is 3.84. The van der Waals surface area contributed by atoms with Crippen molar-refractivity contribution in [2.45, 2.75) is 13.3 Å². The lowest BCUT2D eigenvalue weighted by atomic mass is 10.1. The summed E-state index contributed by atoms with van der Waals surface area (Å²) in [6.07, 6.45) is -2.63. The molecular weight excluding hydrogens is 264 g/mol. The fourth-order valence-corrected chi connectivity index (χ4v) is 1.74. The fraction of sp³-hybridized carbons (Fsp3) is 0.417. The molecule has 0 atom stereocenters. The van der Waals surface area contributed by atoms with Crippen molar-refractivity contribution < 1.29 is 18.7 Å². The van der Waals surface area contributed by atoms with E-state index >= 15 is 0 Å². The third-order valence-electron chi connectivity index (χ3n) is 2.38. The Hall–Kier alpha value is -1.36. The molecule has 1 amide bonds. The summed E-state index contributed by atoms with van der Waals surface area (Å²) < 4.78 is 24.7. The van der Waals surface area contributed by atoms with Crippen LogP contribution in [0.1, 0.15) is 15.9 Å². The number of carbonyl (C=O) groups is 1. The number of alkyl halides is 3. The van der Waals surface area contributed by atoms with E-state index in [2.05, 4.69) is 0 Å². The van der Waals surface area contributed by atoms with Crippen LogP contribution in [0.2, 0.25) is 0 Å². The predicted octanol–water partition coefficient (Wildman–Crippen LogP) is 2.65. The number of amides is 1. The van der Waals surface area contributed by atoms with Crippen molar-refractivity contribution in [3.05, 3.63) is 29.3 Å². The molecular formula is C12H14ClF2NO2. The summed E-state index contributed by atoms with van der Waals surface area (Å²) >= 11 is 5.47. The monoisotopic (exact) mass is 277 g/mol. The maximum Gasteiger partial charge on any atom is 0.257 e. The molecule has 1 aromatic carbocycles. The number of hydrogen-bond donors (Lipinski definition) is 1. The van der Waals surface area contributed by atoms with Crippen molar-refractivity contribution in [2.75, 3.05) is 19.0 Å². The molecule has 0 heterocycles. The minimum atomic E-state index is -2.63. The van der Waals surface area contributed by atoms with Gasteiger partial charge in [-0.1, -0.05) is 6.07 Å². The highest BCUT2D eigenvalue weighted by molar-refractivity contribution is 6.18. The van der Waals surface area contributed by atoms with Gasteiger partial charge in [0.2, 0.25) is 0 Å². The molecule has 100 valence electrons. The van der Waals surface area contributed by atoms with E-state index in [1.165, 1.54) is 12.1 Å². The van der Waals surface area contributed by atoms with E-state index < -0.39 is 18.9 Å². The Labute approximate surface area is 109 Å². The molecule has 0 aromatic heterocycles. The molecule has 18 heavy (non-hydrogen) atoms. The zero-order valence-electron chi connectivity index (χ0n) is 9.87. The summed E-state index contributed by atoms with van der Waals surface area (Å²) in [5.41, 5.74) is 0.785. The second kappa shape index (κ2) is 6.54. The van der Waals surface area contributed by atoms with E-state index in [1.54, 1.807) is 13.0 Å². The predicted molar refractivity (Wildman–Crippen MR) is 65.5 cm³/mol. The minimum Gasteiger partial charge on any atom is -0.507 e. The average molecular weight is 278 g/mol. The lowest BCUT2D eigenvalue weighted by Gasteiger charge is -2.21. The summed E-state index contributed by atoms with van der Waals surface area (Å²) in [6, 6.07) is 4.46. The number of aryl methyl sites for hydroxylation is 1. The van der Waals surface area contributed by atoms with Gasteiger partial charge in [0, 0.05) is 12.4 Å². The number of rotatable bonds is 5. The molecule has 0 unspecified atom stereocenters. The fourth-order valence-electron chi connectivity index (χ4n) is 1.54. The quantitative estimate of drug-likeness (QED) is 0.841. The van der Waals surface area contributed by atoms with Crippen LogP contribution in [-0.4, -0.2) is 41.3 Å². The number of nitrogens with zero attached hydrogens (tertiary/aromatic N) is 1. The third-order valence-corrected chi connectivity index (χ3v) is 2.55. The van der Waals surface area contributed by atoms with Gasteiger partial charge in [0.15, 0.2) is 0 Å². The van der Waals surface area contributed by atoms with Crippen LogP contribution in [-0.2, 0) is 0 Å². The standard InChI is InChI=1S/C12H14ClF2NO2/c1-8-2-3-9(10(17)6-8)12(18)16(5-4-13)7-11(14)15/h2-3,6,11,17H,4-5,7H2,1H3. The first kappa shape index (κ1) is 14.7. The van der Waals surface area contributed by atoms with Crippen LogP contribution in [0.15, 0.2) is 18.2 Å². The number of benzene rings is 1. The van der Waals surface area contributed by atoms with Gasteiger partial charge in [0.25, 0.3) is 12.3 Å². The van der Waals surface area contributed by atoms with Crippen molar-refractivity contribution in [2.24, 2.45) is 0 Å². The molecule has 0 spiro atoms.